The van der Waals surface area contributed by atoms with Crippen LogP contribution in [0.3, 0.4) is 0 Å². The van der Waals surface area contributed by atoms with E-state index >= 15 is 0 Å². The number of rotatable bonds is 53. The monoisotopic (exact) mass is 1110 g/mol. The highest BCUT2D eigenvalue weighted by Crippen LogP contribution is 2.26. The third-order valence-electron chi connectivity index (χ3n) is 14.0. The molecular weight excluding hydrogens is 997 g/mol. The normalized spacial score (nSPS) is 18.4. The zero-order valence-electron chi connectivity index (χ0n) is 49.8. The first-order chi connectivity index (χ1) is 38.6. The van der Waals surface area contributed by atoms with Crippen LogP contribution in [0.4, 0.5) is 0 Å². The maximum Gasteiger partial charge on any atom is 0.335 e. The second-order valence-corrected chi connectivity index (χ2v) is 21.3. The third-order valence-corrected chi connectivity index (χ3v) is 14.0. The van der Waals surface area contributed by atoms with Gasteiger partial charge >= 0.3 is 23.9 Å². The molecule has 0 bridgehead atoms. The van der Waals surface area contributed by atoms with E-state index in [2.05, 4.69) is 93.7 Å². The fourth-order valence-corrected chi connectivity index (χ4v) is 9.14. The average molecular weight is 1110 g/mol. The molecule has 0 radical (unpaired) electrons. The fourth-order valence-electron chi connectivity index (χ4n) is 9.14. The Morgan fingerprint density at radius 3 is 1.28 bits per heavy atom. The molecule has 1 fully saturated rings. The molecule has 1 aliphatic rings. The molecule has 0 spiro atoms. The lowest BCUT2D eigenvalue weighted by Gasteiger charge is -2.40. The highest BCUT2D eigenvalue weighted by Gasteiger charge is 2.50. The molecular formula is C67H112O12. The molecule has 452 valence electrons. The number of hydrogen-bond acceptors (Lipinski definition) is 11. The van der Waals surface area contributed by atoms with Gasteiger partial charge in [0.2, 0.25) is 0 Å². The lowest BCUT2D eigenvalue weighted by Crippen LogP contribution is -2.61. The SMILES string of the molecule is CC/C=C\C/C=C\C/C=C\C/C=C\C/C=C\CCCC(=O)OC1C(OCC(COC(=O)CCCCCCCCCCCCCCCCCCC)OC(=O)CCCCCCC/C=C\C/C=C\CCCCC)OC(C(=O)O)C(O)C1O. The summed E-state index contributed by atoms with van der Waals surface area (Å²) in [5.74, 6) is -3.21. The Morgan fingerprint density at radius 1 is 0.430 bits per heavy atom. The number of carbonyl (C=O) groups excluding carboxylic acids is 3. The third kappa shape index (κ3) is 44.3. The number of aliphatic carboxylic acids is 1. The molecule has 3 N–H and O–H groups in total. The van der Waals surface area contributed by atoms with Crippen molar-refractivity contribution in [1.82, 2.24) is 0 Å². The number of carbonyl (C=O) groups is 4. The minimum absolute atomic E-state index is 0.0213. The summed E-state index contributed by atoms with van der Waals surface area (Å²) in [7, 11) is 0. The molecule has 79 heavy (non-hydrogen) atoms. The highest BCUT2D eigenvalue weighted by atomic mass is 16.7. The largest absolute Gasteiger partial charge is 0.479 e. The van der Waals surface area contributed by atoms with Gasteiger partial charge in [0.05, 0.1) is 6.61 Å². The predicted octanol–water partition coefficient (Wildman–Crippen LogP) is 16.7. The number of aliphatic hydroxyl groups excluding tert-OH is 2. The van der Waals surface area contributed by atoms with Crippen LogP contribution in [-0.4, -0.2) is 89.2 Å². The van der Waals surface area contributed by atoms with Crippen molar-refractivity contribution in [1.29, 1.82) is 0 Å². The molecule has 6 unspecified atom stereocenters. The fraction of sp³-hybridized carbons (Fsp3) is 0.731. The minimum Gasteiger partial charge on any atom is -0.479 e. The Hall–Kier alpha value is -4.10. The van der Waals surface area contributed by atoms with Gasteiger partial charge in [0.15, 0.2) is 24.6 Å². The molecule has 0 aliphatic carbocycles. The van der Waals surface area contributed by atoms with Crippen LogP contribution >= 0.6 is 0 Å². The van der Waals surface area contributed by atoms with Gasteiger partial charge in [-0.25, -0.2) is 4.79 Å². The van der Waals surface area contributed by atoms with E-state index in [9.17, 15) is 34.5 Å². The second kappa shape index (κ2) is 54.5. The van der Waals surface area contributed by atoms with E-state index in [1.165, 1.54) is 103 Å². The summed E-state index contributed by atoms with van der Waals surface area (Å²) < 4.78 is 28.4. The molecule has 1 rings (SSSR count). The minimum atomic E-state index is -1.93. The summed E-state index contributed by atoms with van der Waals surface area (Å²) in [5.41, 5.74) is 0. The Bertz CT molecular complexity index is 1700. The van der Waals surface area contributed by atoms with Crippen LogP contribution in [0.5, 0.6) is 0 Å². The smallest absolute Gasteiger partial charge is 0.335 e. The number of allylic oxidation sites excluding steroid dienone is 14. The first kappa shape index (κ1) is 72.9. The quantitative estimate of drug-likeness (QED) is 0.0228. The highest BCUT2D eigenvalue weighted by molar-refractivity contribution is 5.74. The van der Waals surface area contributed by atoms with Gasteiger partial charge in [-0.3, -0.25) is 14.4 Å². The number of hydrogen-bond donors (Lipinski definition) is 3. The second-order valence-electron chi connectivity index (χ2n) is 21.3. The van der Waals surface area contributed by atoms with Crippen molar-refractivity contribution in [3.05, 3.63) is 85.1 Å². The first-order valence-electron chi connectivity index (χ1n) is 31.6. The van der Waals surface area contributed by atoms with Gasteiger partial charge in [-0.05, 0) is 89.9 Å². The maximum atomic E-state index is 13.2. The lowest BCUT2D eigenvalue weighted by molar-refractivity contribution is -0.301. The summed E-state index contributed by atoms with van der Waals surface area (Å²) in [4.78, 5) is 51.2. The van der Waals surface area contributed by atoms with Gasteiger partial charge in [-0.2, -0.15) is 0 Å². The Balaban J connectivity index is 2.71. The number of carboxylic acids is 1. The van der Waals surface area contributed by atoms with Crippen molar-refractivity contribution in [2.45, 2.75) is 302 Å². The summed E-state index contributed by atoms with van der Waals surface area (Å²) >= 11 is 0. The Kier molecular flexibility index (Phi) is 50.3. The van der Waals surface area contributed by atoms with E-state index < -0.39 is 67.3 Å². The van der Waals surface area contributed by atoms with E-state index in [1.807, 2.05) is 12.2 Å². The van der Waals surface area contributed by atoms with Crippen LogP contribution in [0, 0.1) is 0 Å². The van der Waals surface area contributed by atoms with Gasteiger partial charge in [0.1, 0.15) is 18.8 Å². The van der Waals surface area contributed by atoms with E-state index in [1.54, 1.807) is 0 Å². The molecule has 0 aromatic heterocycles. The maximum absolute atomic E-state index is 13.2. The van der Waals surface area contributed by atoms with Gasteiger partial charge < -0.3 is 39.0 Å². The van der Waals surface area contributed by atoms with Crippen molar-refractivity contribution < 1.29 is 58.2 Å². The van der Waals surface area contributed by atoms with Gasteiger partial charge in [-0.15, -0.1) is 0 Å². The standard InChI is InChI=1S/C67H112O12/c1-4-7-10-13-16-19-22-25-28-30-33-35-38-41-44-47-50-53-59(68)75-56-58(77-60(69)54-51-48-45-42-39-36-32-27-24-21-18-15-12-9-6-3)57-76-67-65(63(72)62(71)64(79-67)66(73)74)78-61(70)55-52-49-46-43-40-37-34-31-29-26-23-20-17-14-11-8-5-2/h8,11,17-18,20-21,26-27,29,32,34,37,43,46,58,62-65,67,71-72H,4-7,9-10,12-16,19,22-25,28,30-31,33,35-36,38-42,44-45,47-57H2,1-3H3,(H,73,74)/b11-8-,20-17-,21-18-,29-26-,32-27-,37-34-,46-43-. The molecule has 0 aromatic rings. The summed E-state index contributed by atoms with van der Waals surface area (Å²) in [5, 5.41) is 31.5. The van der Waals surface area contributed by atoms with Crippen LogP contribution < -0.4 is 0 Å². The van der Waals surface area contributed by atoms with E-state index in [0.29, 0.717) is 25.7 Å². The van der Waals surface area contributed by atoms with E-state index in [0.717, 1.165) is 96.3 Å². The van der Waals surface area contributed by atoms with Crippen molar-refractivity contribution in [3.8, 4) is 0 Å². The number of ether oxygens (including phenoxy) is 5. The number of aliphatic hydroxyl groups is 2. The summed E-state index contributed by atoms with van der Waals surface area (Å²) in [6.45, 7) is 5.84. The summed E-state index contributed by atoms with van der Waals surface area (Å²) in [6, 6.07) is 0. The first-order valence-corrected chi connectivity index (χ1v) is 31.6. The predicted molar refractivity (Wildman–Crippen MR) is 321 cm³/mol. The molecule has 0 amide bonds. The van der Waals surface area contributed by atoms with Gasteiger partial charge in [-0.1, -0.05) is 241 Å². The topological polar surface area (TPSA) is 175 Å². The van der Waals surface area contributed by atoms with Crippen molar-refractivity contribution in [2.24, 2.45) is 0 Å². The molecule has 0 aromatic carbocycles. The summed E-state index contributed by atoms with van der Waals surface area (Å²) in [6.07, 6.45) is 58.3. The van der Waals surface area contributed by atoms with Crippen molar-refractivity contribution in [3.63, 3.8) is 0 Å². The van der Waals surface area contributed by atoms with Crippen molar-refractivity contribution >= 4 is 23.9 Å². The molecule has 6 atom stereocenters. The molecule has 12 nitrogen and oxygen atoms in total. The molecule has 1 saturated heterocycles. The van der Waals surface area contributed by atoms with Crippen LogP contribution in [0.15, 0.2) is 85.1 Å². The number of esters is 3. The van der Waals surface area contributed by atoms with Crippen molar-refractivity contribution in [2.75, 3.05) is 13.2 Å². The Morgan fingerprint density at radius 2 is 0.810 bits per heavy atom. The van der Waals surface area contributed by atoms with Crippen LogP contribution in [0.2, 0.25) is 0 Å². The average Bonchev–Trinajstić information content (AvgIpc) is 3.43. The number of carboxylic acid groups (broad SMARTS) is 1. The zero-order chi connectivity index (χ0) is 57.5. The zero-order valence-corrected chi connectivity index (χ0v) is 49.8. The molecule has 1 aliphatic heterocycles. The van der Waals surface area contributed by atoms with Crippen LogP contribution in [-0.2, 0) is 42.9 Å². The lowest BCUT2D eigenvalue weighted by atomic mass is 9.98. The van der Waals surface area contributed by atoms with Crippen LogP contribution in [0.1, 0.15) is 265 Å². The molecule has 12 heteroatoms. The van der Waals surface area contributed by atoms with Crippen LogP contribution in [0.25, 0.3) is 0 Å². The van der Waals surface area contributed by atoms with E-state index in [-0.39, 0.29) is 25.9 Å². The molecule has 1 heterocycles. The van der Waals surface area contributed by atoms with Gasteiger partial charge in [0.25, 0.3) is 0 Å². The molecule has 0 saturated carbocycles. The van der Waals surface area contributed by atoms with Gasteiger partial charge in [0, 0.05) is 19.3 Å². The Labute approximate surface area is 480 Å². The van der Waals surface area contributed by atoms with E-state index in [4.69, 9.17) is 23.7 Å². The number of unbranched alkanes of at least 4 members (excludes halogenated alkanes) is 25.